The van der Waals surface area contributed by atoms with E-state index < -0.39 is 0 Å². The average molecular weight is 238 g/mol. The first-order chi connectivity index (χ1) is 8.28. The van der Waals surface area contributed by atoms with Crippen molar-refractivity contribution < 1.29 is 4.74 Å². The van der Waals surface area contributed by atoms with Crippen LogP contribution < -0.4 is 5.73 Å². The molecule has 98 valence electrons. The molecule has 2 bridgehead atoms. The number of nitrogens with two attached hydrogens (primary N) is 1. The first-order valence-electron chi connectivity index (χ1n) is 7.33. The van der Waals surface area contributed by atoms with Gasteiger partial charge in [0.05, 0.1) is 6.10 Å². The van der Waals surface area contributed by atoms with Crippen molar-refractivity contribution in [3.05, 3.63) is 0 Å². The zero-order chi connectivity index (χ0) is 11.8. The molecule has 0 amide bonds. The van der Waals surface area contributed by atoms with Gasteiger partial charge in [-0.1, -0.05) is 6.42 Å². The Balaban J connectivity index is 1.70. The van der Waals surface area contributed by atoms with Crippen LogP contribution in [0.4, 0.5) is 0 Å². The highest BCUT2D eigenvalue weighted by Gasteiger charge is 2.42. The molecular weight excluding hydrogens is 212 g/mol. The fraction of sp³-hybridized carbons (Fsp3) is 1.00. The number of rotatable bonds is 2. The van der Waals surface area contributed by atoms with Gasteiger partial charge in [0.2, 0.25) is 0 Å². The molecule has 3 rings (SSSR count). The Morgan fingerprint density at radius 2 is 1.59 bits per heavy atom. The molecule has 3 heteroatoms. The third kappa shape index (κ3) is 2.25. The summed E-state index contributed by atoms with van der Waals surface area (Å²) in [4.78, 5) is 2.84. The number of piperidine rings is 2. The normalized spacial score (nSPS) is 47.3. The van der Waals surface area contributed by atoms with Gasteiger partial charge in [0, 0.05) is 31.3 Å². The van der Waals surface area contributed by atoms with Crippen LogP contribution in [0.3, 0.4) is 0 Å². The largest absolute Gasteiger partial charge is 0.381 e. The van der Waals surface area contributed by atoms with Gasteiger partial charge in [-0.2, -0.15) is 0 Å². The van der Waals surface area contributed by atoms with E-state index in [0.717, 1.165) is 18.1 Å². The Hall–Kier alpha value is -0.120. The van der Waals surface area contributed by atoms with E-state index >= 15 is 0 Å². The molecule has 2 N–H and O–H groups in total. The van der Waals surface area contributed by atoms with Crippen LogP contribution in [0.15, 0.2) is 0 Å². The summed E-state index contributed by atoms with van der Waals surface area (Å²) in [7, 11) is 1.86. The van der Waals surface area contributed by atoms with E-state index in [1.165, 1.54) is 51.4 Å². The van der Waals surface area contributed by atoms with Crippen molar-refractivity contribution in [2.75, 3.05) is 7.11 Å². The maximum Gasteiger partial charge on any atom is 0.0586 e. The summed E-state index contributed by atoms with van der Waals surface area (Å²) >= 11 is 0. The Labute approximate surface area is 105 Å². The molecule has 4 atom stereocenters. The van der Waals surface area contributed by atoms with Crippen molar-refractivity contribution in [3.63, 3.8) is 0 Å². The Kier molecular flexibility index (Phi) is 3.42. The zero-order valence-corrected chi connectivity index (χ0v) is 11.0. The van der Waals surface area contributed by atoms with Crippen LogP contribution in [0.25, 0.3) is 0 Å². The van der Waals surface area contributed by atoms with Crippen LogP contribution in [0.2, 0.25) is 0 Å². The Morgan fingerprint density at radius 3 is 2.18 bits per heavy atom. The monoisotopic (exact) mass is 238 g/mol. The molecule has 2 heterocycles. The second kappa shape index (κ2) is 4.87. The van der Waals surface area contributed by atoms with Crippen LogP contribution in [-0.2, 0) is 4.74 Å². The van der Waals surface area contributed by atoms with Crippen LogP contribution in [0, 0.1) is 0 Å². The molecule has 1 aliphatic carbocycles. The number of hydrogen-bond acceptors (Lipinski definition) is 3. The van der Waals surface area contributed by atoms with Crippen LogP contribution in [0.1, 0.15) is 51.4 Å². The average Bonchev–Trinajstić information content (AvgIpc) is 2.76. The van der Waals surface area contributed by atoms with Crippen molar-refractivity contribution in [3.8, 4) is 0 Å². The van der Waals surface area contributed by atoms with Crippen molar-refractivity contribution in [1.82, 2.24) is 4.90 Å². The van der Waals surface area contributed by atoms with Gasteiger partial charge in [-0.15, -0.1) is 0 Å². The minimum atomic E-state index is 0.459. The number of methoxy groups -OCH3 is 1. The zero-order valence-electron chi connectivity index (χ0n) is 11.0. The van der Waals surface area contributed by atoms with E-state index in [9.17, 15) is 0 Å². The molecule has 0 aromatic heterocycles. The molecular formula is C14H26N2O. The van der Waals surface area contributed by atoms with Crippen molar-refractivity contribution in [2.45, 2.75) is 81.6 Å². The van der Waals surface area contributed by atoms with Crippen LogP contribution >= 0.6 is 0 Å². The van der Waals surface area contributed by atoms with Gasteiger partial charge in [0.15, 0.2) is 0 Å². The molecule has 3 fully saturated rings. The molecule has 0 spiro atoms. The lowest BCUT2D eigenvalue weighted by Crippen LogP contribution is -2.58. The predicted molar refractivity (Wildman–Crippen MR) is 68.9 cm³/mol. The van der Waals surface area contributed by atoms with Gasteiger partial charge in [-0.05, 0) is 44.9 Å². The molecule has 2 saturated heterocycles. The topological polar surface area (TPSA) is 38.5 Å². The highest BCUT2D eigenvalue weighted by molar-refractivity contribution is 4.99. The smallest absolute Gasteiger partial charge is 0.0586 e. The maximum atomic E-state index is 6.19. The van der Waals surface area contributed by atoms with Gasteiger partial charge in [0.1, 0.15) is 0 Å². The molecule has 0 radical (unpaired) electrons. The molecule has 0 aromatic carbocycles. The van der Waals surface area contributed by atoms with Gasteiger partial charge >= 0.3 is 0 Å². The fourth-order valence-corrected chi connectivity index (χ4v) is 4.46. The summed E-state index contributed by atoms with van der Waals surface area (Å²) in [5.41, 5.74) is 6.19. The SMILES string of the molecule is COC1CCC(N2C3CCCC2CC(N)C3)C1. The molecule has 3 aliphatic rings. The quantitative estimate of drug-likeness (QED) is 0.798. The van der Waals surface area contributed by atoms with Gasteiger partial charge in [-0.3, -0.25) is 4.90 Å². The van der Waals surface area contributed by atoms with Crippen molar-refractivity contribution in [2.24, 2.45) is 5.73 Å². The lowest BCUT2D eigenvalue weighted by molar-refractivity contribution is -0.00905. The van der Waals surface area contributed by atoms with Crippen LogP contribution in [0.5, 0.6) is 0 Å². The first kappa shape index (κ1) is 11.9. The third-order valence-corrected chi connectivity index (χ3v) is 5.18. The third-order valence-electron chi connectivity index (χ3n) is 5.18. The number of hydrogen-bond donors (Lipinski definition) is 1. The lowest BCUT2D eigenvalue weighted by atomic mass is 9.80. The number of fused-ring (bicyclic) bond motifs is 2. The standard InChI is InChI=1S/C14H26N2O/c1-17-14-6-5-13(9-14)16-11-3-2-4-12(16)8-10(15)7-11/h10-14H,2-9,15H2,1H3. The second-order valence-electron chi connectivity index (χ2n) is 6.24. The minimum absolute atomic E-state index is 0.459. The summed E-state index contributed by atoms with van der Waals surface area (Å²) in [6, 6.07) is 2.79. The molecule has 0 aromatic rings. The maximum absolute atomic E-state index is 6.19. The molecule has 3 nitrogen and oxygen atoms in total. The summed E-state index contributed by atoms with van der Waals surface area (Å²) in [6.45, 7) is 0. The predicted octanol–water partition coefficient (Wildman–Crippen LogP) is 1.90. The summed E-state index contributed by atoms with van der Waals surface area (Å²) in [6.07, 6.45) is 11.0. The highest BCUT2D eigenvalue weighted by Crippen LogP contribution is 2.39. The van der Waals surface area contributed by atoms with E-state index in [0.29, 0.717) is 12.1 Å². The van der Waals surface area contributed by atoms with E-state index in [4.69, 9.17) is 10.5 Å². The highest BCUT2D eigenvalue weighted by atomic mass is 16.5. The van der Waals surface area contributed by atoms with Gasteiger partial charge < -0.3 is 10.5 Å². The summed E-state index contributed by atoms with van der Waals surface area (Å²) in [5, 5.41) is 0. The van der Waals surface area contributed by atoms with Gasteiger partial charge in [-0.25, -0.2) is 0 Å². The fourth-order valence-electron chi connectivity index (χ4n) is 4.46. The Morgan fingerprint density at radius 1 is 0.941 bits per heavy atom. The lowest BCUT2D eigenvalue weighted by Gasteiger charge is -2.51. The van der Waals surface area contributed by atoms with Crippen molar-refractivity contribution in [1.29, 1.82) is 0 Å². The number of ether oxygens (including phenoxy) is 1. The van der Waals surface area contributed by atoms with E-state index in [-0.39, 0.29) is 0 Å². The molecule has 4 unspecified atom stereocenters. The van der Waals surface area contributed by atoms with E-state index in [1.54, 1.807) is 0 Å². The summed E-state index contributed by atoms with van der Waals surface area (Å²) in [5.74, 6) is 0. The molecule has 1 saturated carbocycles. The first-order valence-corrected chi connectivity index (χ1v) is 7.33. The second-order valence-corrected chi connectivity index (χ2v) is 6.24. The summed E-state index contributed by atoms with van der Waals surface area (Å²) < 4.78 is 5.52. The van der Waals surface area contributed by atoms with E-state index in [2.05, 4.69) is 4.90 Å². The van der Waals surface area contributed by atoms with Crippen LogP contribution in [-0.4, -0.2) is 42.3 Å². The van der Waals surface area contributed by atoms with Crippen molar-refractivity contribution >= 4 is 0 Å². The van der Waals surface area contributed by atoms with Gasteiger partial charge in [0.25, 0.3) is 0 Å². The number of nitrogens with zero attached hydrogens (tertiary/aromatic N) is 1. The molecule has 17 heavy (non-hydrogen) atoms. The minimum Gasteiger partial charge on any atom is -0.381 e. The Bertz CT molecular complexity index is 257. The van der Waals surface area contributed by atoms with E-state index in [1.807, 2.05) is 7.11 Å². The molecule has 2 aliphatic heterocycles.